The van der Waals surface area contributed by atoms with Gasteiger partial charge in [-0.2, -0.15) is 0 Å². The Balaban J connectivity index is 3.57. The zero-order valence-electron chi connectivity index (χ0n) is 25.0. The molecule has 222 valence electrons. The molecular formula is C27H45N3O9. The summed E-state index contributed by atoms with van der Waals surface area (Å²) in [7, 11) is 4.16. The van der Waals surface area contributed by atoms with Crippen molar-refractivity contribution in [1.29, 1.82) is 0 Å². The summed E-state index contributed by atoms with van der Waals surface area (Å²) in [4.78, 5) is 82.2. The summed E-state index contributed by atoms with van der Waals surface area (Å²) in [5.74, 6) is -5.12. The molecule has 0 spiro atoms. The summed E-state index contributed by atoms with van der Waals surface area (Å²) < 4.78 is 16.3. The van der Waals surface area contributed by atoms with Crippen molar-refractivity contribution in [1.82, 2.24) is 14.7 Å². The number of hydrogen-bond acceptors (Lipinski definition) is 9. The van der Waals surface area contributed by atoms with Crippen molar-refractivity contribution in [2.45, 2.75) is 105 Å². The van der Waals surface area contributed by atoms with E-state index in [4.69, 9.17) is 14.2 Å². The summed E-state index contributed by atoms with van der Waals surface area (Å²) >= 11 is 0. The molecule has 1 aliphatic heterocycles. The maximum absolute atomic E-state index is 13.3. The molecule has 0 radical (unpaired) electrons. The van der Waals surface area contributed by atoms with Crippen molar-refractivity contribution in [3.05, 3.63) is 0 Å². The lowest BCUT2D eigenvalue weighted by atomic mass is 9.97. The predicted octanol–water partition coefficient (Wildman–Crippen LogP) is 1.39. The molecule has 0 aromatic rings. The summed E-state index contributed by atoms with van der Waals surface area (Å²) in [5, 5.41) is 0. The van der Waals surface area contributed by atoms with Crippen LogP contribution in [-0.4, -0.2) is 108 Å². The van der Waals surface area contributed by atoms with Gasteiger partial charge in [-0.3, -0.25) is 14.4 Å². The molecule has 2 unspecified atom stereocenters. The van der Waals surface area contributed by atoms with Crippen molar-refractivity contribution in [2.75, 3.05) is 21.1 Å². The van der Waals surface area contributed by atoms with Crippen LogP contribution in [-0.2, 0) is 43.0 Å². The van der Waals surface area contributed by atoms with Crippen LogP contribution in [0.15, 0.2) is 0 Å². The third-order valence-corrected chi connectivity index (χ3v) is 7.57. The fraction of sp³-hybridized carbons (Fsp3) is 0.778. The van der Waals surface area contributed by atoms with E-state index in [0.29, 0.717) is 12.8 Å². The lowest BCUT2D eigenvalue weighted by molar-refractivity contribution is -0.176. The number of rotatable bonds is 4. The van der Waals surface area contributed by atoms with Gasteiger partial charge in [0.1, 0.15) is 18.1 Å². The van der Waals surface area contributed by atoms with Crippen LogP contribution in [0.4, 0.5) is 0 Å². The Kier molecular flexibility index (Phi) is 12.4. The van der Waals surface area contributed by atoms with Crippen molar-refractivity contribution in [3.63, 3.8) is 0 Å². The van der Waals surface area contributed by atoms with Crippen LogP contribution in [0.1, 0.15) is 68.2 Å². The Labute approximate surface area is 231 Å². The molecule has 0 saturated carbocycles. The molecule has 39 heavy (non-hydrogen) atoms. The number of likely N-dealkylation sites (N-methyl/N-ethyl adjacent to an activating group) is 3. The molecule has 1 rings (SSSR count). The maximum Gasteiger partial charge on any atom is 0.329 e. The smallest absolute Gasteiger partial charge is 0.329 e. The van der Waals surface area contributed by atoms with Crippen LogP contribution in [0, 0.1) is 11.8 Å². The average molecular weight is 556 g/mol. The maximum atomic E-state index is 13.3. The van der Waals surface area contributed by atoms with Gasteiger partial charge in [-0.1, -0.05) is 40.5 Å². The highest BCUT2D eigenvalue weighted by atomic mass is 16.6. The molecule has 1 saturated heterocycles. The van der Waals surface area contributed by atoms with E-state index in [1.165, 1.54) is 48.8 Å². The lowest BCUT2D eigenvalue weighted by Gasteiger charge is -2.35. The second kappa shape index (κ2) is 14.3. The van der Waals surface area contributed by atoms with Gasteiger partial charge < -0.3 is 28.9 Å². The quantitative estimate of drug-likeness (QED) is 0.372. The Hall–Kier alpha value is -3.18. The number of hydrogen-bond donors (Lipinski definition) is 0. The van der Waals surface area contributed by atoms with Crippen molar-refractivity contribution >= 4 is 35.6 Å². The molecule has 1 fully saturated rings. The van der Waals surface area contributed by atoms with E-state index >= 15 is 0 Å². The summed E-state index contributed by atoms with van der Waals surface area (Å²) in [6.07, 6.45) is -2.81. The first kappa shape index (κ1) is 33.8. The second-order valence-electron chi connectivity index (χ2n) is 10.4. The van der Waals surface area contributed by atoms with Gasteiger partial charge in [-0.05, 0) is 39.5 Å². The van der Waals surface area contributed by atoms with Gasteiger partial charge in [0.2, 0.25) is 0 Å². The molecule has 12 heteroatoms. The molecule has 0 bridgehead atoms. The fourth-order valence-corrected chi connectivity index (χ4v) is 4.39. The topological polar surface area (TPSA) is 140 Å². The molecule has 12 nitrogen and oxygen atoms in total. The molecule has 1 heterocycles. The van der Waals surface area contributed by atoms with Gasteiger partial charge in [-0.15, -0.1) is 0 Å². The van der Waals surface area contributed by atoms with Gasteiger partial charge in [0, 0.05) is 21.1 Å². The minimum atomic E-state index is -1.28. The summed E-state index contributed by atoms with van der Waals surface area (Å²) in [6.45, 7) is 12.7. The van der Waals surface area contributed by atoms with Gasteiger partial charge in [-0.25, -0.2) is 14.4 Å². The molecule has 1 aliphatic rings. The normalized spacial score (nSPS) is 30.7. The molecule has 0 aromatic carbocycles. The van der Waals surface area contributed by atoms with E-state index in [9.17, 15) is 28.8 Å². The van der Waals surface area contributed by atoms with E-state index < -0.39 is 72.1 Å². The number of nitrogens with zero attached hydrogens (tertiary/aromatic N) is 3. The summed E-state index contributed by atoms with van der Waals surface area (Å²) in [6, 6.07) is -3.24. The van der Waals surface area contributed by atoms with E-state index in [2.05, 4.69) is 0 Å². The highest BCUT2D eigenvalue weighted by Crippen LogP contribution is 2.21. The number of amides is 3. The molecule has 0 aromatic heterocycles. The number of ether oxygens (including phenoxy) is 3. The number of esters is 3. The third kappa shape index (κ3) is 7.92. The first-order chi connectivity index (χ1) is 18.0. The van der Waals surface area contributed by atoms with Gasteiger partial charge >= 0.3 is 17.9 Å². The van der Waals surface area contributed by atoms with Gasteiger partial charge in [0.15, 0.2) is 18.3 Å². The Morgan fingerprint density at radius 3 is 1.15 bits per heavy atom. The van der Waals surface area contributed by atoms with Gasteiger partial charge in [0.05, 0.1) is 0 Å². The van der Waals surface area contributed by atoms with Crippen molar-refractivity contribution in [3.8, 4) is 0 Å². The average Bonchev–Trinajstić information content (AvgIpc) is 2.89. The number of carbonyl (C=O) groups excluding carboxylic acids is 6. The van der Waals surface area contributed by atoms with E-state index in [1.807, 2.05) is 13.8 Å². The fourth-order valence-electron chi connectivity index (χ4n) is 4.39. The van der Waals surface area contributed by atoms with Crippen LogP contribution >= 0.6 is 0 Å². The van der Waals surface area contributed by atoms with Crippen LogP contribution in [0.3, 0.4) is 0 Å². The SMILES string of the molecule is CCC(C)[C@H]1C(=O)O[C@H](C)C(=O)N(C)[C@@H](C)C(=O)O[C@H](C)C(=O)N(C)[C@@H](C(C)CC)C(=O)O[C@H](C)C(=O)N1C. The first-order valence-corrected chi connectivity index (χ1v) is 13.4. The van der Waals surface area contributed by atoms with Crippen LogP contribution in [0.25, 0.3) is 0 Å². The highest BCUT2D eigenvalue weighted by Gasteiger charge is 2.41. The zero-order valence-corrected chi connectivity index (χ0v) is 25.0. The molecule has 0 N–H and O–H groups in total. The Bertz CT molecular complexity index is 931. The van der Waals surface area contributed by atoms with E-state index in [0.717, 1.165) is 14.7 Å². The Morgan fingerprint density at radius 1 is 0.564 bits per heavy atom. The van der Waals surface area contributed by atoms with Crippen LogP contribution in [0.5, 0.6) is 0 Å². The third-order valence-electron chi connectivity index (χ3n) is 7.57. The lowest BCUT2D eigenvalue weighted by Crippen LogP contribution is -2.55. The second-order valence-corrected chi connectivity index (χ2v) is 10.4. The molecular weight excluding hydrogens is 510 g/mol. The molecule has 0 aliphatic carbocycles. The van der Waals surface area contributed by atoms with Crippen molar-refractivity contribution < 1.29 is 43.0 Å². The predicted molar refractivity (Wildman–Crippen MR) is 141 cm³/mol. The number of carbonyl (C=O) groups is 6. The van der Waals surface area contributed by atoms with Crippen molar-refractivity contribution in [2.24, 2.45) is 11.8 Å². The van der Waals surface area contributed by atoms with E-state index in [-0.39, 0.29) is 11.8 Å². The minimum Gasteiger partial charge on any atom is -0.451 e. The number of cyclic esters (lactones) is 3. The van der Waals surface area contributed by atoms with Gasteiger partial charge in [0.25, 0.3) is 17.7 Å². The largest absolute Gasteiger partial charge is 0.451 e. The van der Waals surface area contributed by atoms with E-state index in [1.54, 1.807) is 13.8 Å². The van der Waals surface area contributed by atoms with Crippen LogP contribution in [0.2, 0.25) is 0 Å². The standard InChI is InChI=1S/C27H45N3O9/c1-12-14(3)20-26(35)38-17(6)22(31)28(9)16(5)25(34)37-18(7)23(32)29(10)21(15(4)13-2)27(36)39-19(8)24(33)30(20)11/h14-21H,12-13H2,1-11H3/t14?,15?,16-,17+,18+,19+,20-,21-/m0/s1. The first-order valence-electron chi connectivity index (χ1n) is 13.4. The molecule has 3 amide bonds. The summed E-state index contributed by atoms with van der Waals surface area (Å²) in [5.41, 5.74) is 0. The minimum absolute atomic E-state index is 0.355. The van der Waals surface area contributed by atoms with Crippen LogP contribution < -0.4 is 0 Å². The molecule has 8 atom stereocenters. The Morgan fingerprint density at radius 2 is 0.846 bits per heavy atom. The monoisotopic (exact) mass is 555 g/mol. The highest BCUT2D eigenvalue weighted by molar-refractivity contribution is 5.93. The zero-order chi connectivity index (χ0) is 30.4.